The number of carbonyl (C=O) groups excluding carboxylic acids is 1. The summed E-state index contributed by atoms with van der Waals surface area (Å²) in [6, 6.07) is 16.0. The second kappa shape index (κ2) is 5.48. The maximum atomic E-state index is 14.0. The molecule has 0 saturated heterocycles. The first-order chi connectivity index (χ1) is 10.6. The maximum absolute atomic E-state index is 14.0. The predicted molar refractivity (Wildman–Crippen MR) is 84.4 cm³/mol. The van der Waals surface area contributed by atoms with Crippen LogP contribution in [0.3, 0.4) is 0 Å². The predicted octanol–water partition coefficient (Wildman–Crippen LogP) is 3.75. The van der Waals surface area contributed by atoms with Crippen molar-refractivity contribution in [3.05, 3.63) is 66.0 Å². The molecule has 0 atom stereocenters. The van der Waals surface area contributed by atoms with Crippen LogP contribution < -0.4 is 10.5 Å². The molecular weight excluding hydrogens is 281 g/mol. The van der Waals surface area contributed by atoms with Crippen molar-refractivity contribution in [2.75, 3.05) is 7.11 Å². The molecule has 3 rings (SSSR count). The number of methoxy groups -OCH3 is 1. The van der Waals surface area contributed by atoms with Crippen molar-refractivity contribution in [3.63, 3.8) is 0 Å². The van der Waals surface area contributed by atoms with Gasteiger partial charge in [0.15, 0.2) is 0 Å². The summed E-state index contributed by atoms with van der Waals surface area (Å²) in [6.45, 7) is 0. The fourth-order valence-electron chi connectivity index (χ4n) is 2.52. The molecule has 0 unspecified atom stereocenters. The molecule has 0 heterocycles. The van der Waals surface area contributed by atoms with Gasteiger partial charge in [-0.05, 0) is 46.2 Å². The zero-order valence-corrected chi connectivity index (χ0v) is 12.0. The molecule has 3 nitrogen and oxygen atoms in total. The smallest absolute Gasteiger partial charge is 0.251 e. The number of halogens is 1. The largest absolute Gasteiger partial charge is 0.497 e. The second-order valence-electron chi connectivity index (χ2n) is 4.95. The Kier molecular flexibility index (Phi) is 3.51. The number of carbonyl (C=O) groups is 1. The average Bonchev–Trinajstić information content (AvgIpc) is 2.53. The molecule has 0 fully saturated rings. The first kappa shape index (κ1) is 14.1. The molecule has 22 heavy (non-hydrogen) atoms. The van der Waals surface area contributed by atoms with E-state index in [1.165, 1.54) is 12.1 Å². The van der Waals surface area contributed by atoms with Crippen molar-refractivity contribution < 1.29 is 13.9 Å². The van der Waals surface area contributed by atoms with Crippen LogP contribution >= 0.6 is 0 Å². The van der Waals surface area contributed by atoms with Crippen molar-refractivity contribution in [2.24, 2.45) is 5.73 Å². The van der Waals surface area contributed by atoms with Gasteiger partial charge in [-0.3, -0.25) is 4.79 Å². The van der Waals surface area contributed by atoms with Crippen molar-refractivity contribution in [1.82, 2.24) is 0 Å². The van der Waals surface area contributed by atoms with Gasteiger partial charge in [0.05, 0.1) is 12.7 Å². The van der Waals surface area contributed by atoms with Crippen LogP contribution in [0.15, 0.2) is 54.6 Å². The van der Waals surface area contributed by atoms with E-state index in [4.69, 9.17) is 10.5 Å². The Morgan fingerprint density at radius 3 is 2.55 bits per heavy atom. The van der Waals surface area contributed by atoms with Crippen LogP contribution in [0.1, 0.15) is 10.4 Å². The van der Waals surface area contributed by atoms with Crippen molar-refractivity contribution >= 4 is 16.7 Å². The van der Waals surface area contributed by atoms with Gasteiger partial charge in [-0.25, -0.2) is 4.39 Å². The lowest BCUT2D eigenvalue weighted by molar-refractivity contribution is 0.0996. The van der Waals surface area contributed by atoms with Gasteiger partial charge in [0.1, 0.15) is 11.6 Å². The van der Waals surface area contributed by atoms with Crippen LogP contribution in [0.4, 0.5) is 4.39 Å². The molecule has 3 aromatic rings. The van der Waals surface area contributed by atoms with Gasteiger partial charge < -0.3 is 10.5 Å². The summed E-state index contributed by atoms with van der Waals surface area (Å²) in [5.41, 5.74) is 6.53. The molecule has 110 valence electrons. The second-order valence-corrected chi connectivity index (χ2v) is 4.95. The molecule has 2 N–H and O–H groups in total. The number of rotatable bonds is 3. The van der Waals surface area contributed by atoms with E-state index in [0.717, 1.165) is 16.3 Å². The van der Waals surface area contributed by atoms with Crippen LogP contribution in [-0.4, -0.2) is 13.0 Å². The van der Waals surface area contributed by atoms with Crippen LogP contribution in [0, 0.1) is 5.82 Å². The van der Waals surface area contributed by atoms with Crippen LogP contribution in [-0.2, 0) is 0 Å². The summed E-state index contributed by atoms with van der Waals surface area (Å²) in [7, 11) is 1.59. The Labute approximate surface area is 127 Å². The molecule has 0 spiro atoms. The molecular formula is C18H14FNO2. The minimum absolute atomic E-state index is 0.115. The minimum Gasteiger partial charge on any atom is -0.497 e. The number of ether oxygens (including phenoxy) is 1. The summed E-state index contributed by atoms with van der Waals surface area (Å²) in [6.07, 6.45) is 0. The lowest BCUT2D eigenvalue weighted by atomic mass is 9.96. The van der Waals surface area contributed by atoms with Gasteiger partial charge in [0, 0.05) is 0 Å². The summed E-state index contributed by atoms with van der Waals surface area (Å²) in [5, 5.41) is 1.98. The number of primary amides is 1. The summed E-state index contributed by atoms with van der Waals surface area (Å²) in [5.74, 6) is -0.718. The molecule has 0 aromatic heterocycles. The van der Waals surface area contributed by atoms with Gasteiger partial charge in [-0.2, -0.15) is 0 Å². The third-order valence-electron chi connectivity index (χ3n) is 3.62. The highest BCUT2D eigenvalue weighted by molar-refractivity contribution is 5.99. The van der Waals surface area contributed by atoms with Crippen molar-refractivity contribution in [1.29, 1.82) is 0 Å². The van der Waals surface area contributed by atoms with E-state index in [2.05, 4.69) is 0 Å². The molecule has 4 heteroatoms. The zero-order chi connectivity index (χ0) is 15.7. The number of hydrogen-bond acceptors (Lipinski definition) is 2. The molecule has 0 aliphatic rings. The van der Waals surface area contributed by atoms with E-state index in [1.54, 1.807) is 13.2 Å². The first-order valence-electron chi connectivity index (χ1n) is 6.76. The number of fused-ring (bicyclic) bond motifs is 1. The van der Waals surface area contributed by atoms with E-state index < -0.39 is 11.7 Å². The fraction of sp³-hybridized carbons (Fsp3) is 0.0556. The van der Waals surface area contributed by atoms with Crippen molar-refractivity contribution in [3.8, 4) is 16.9 Å². The fourth-order valence-corrected chi connectivity index (χ4v) is 2.52. The topological polar surface area (TPSA) is 52.3 Å². The van der Waals surface area contributed by atoms with Gasteiger partial charge in [0.2, 0.25) is 0 Å². The molecule has 0 aliphatic heterocycles. The monoisotopic (exact) mass is 295 g/mol. The first-order valence-corrected chi connectivity index (χ1v) is 6.76. The highest BCUT2D eigenvalue weighted by Crippen LogP contribution is 2.33. The Balaban J connectivity index is 2.25. The van der Waals surface area contributed by atoms with Crippen molar-refractivity contribution in [2.45, 2.75) is 0 Å². The normalized spacial score (nSPS) is 10.6. The Bertz CT molecular complexity index is 874. The molecule has 0 saturated carbocycles. The lowest BCUT2D eigenvalue weighted by Gasteiger charge is -2.11. The van der Waals surface area contributed by atoms with E-state index in [-0.39, 0.29) is 5.56 Å². The zero-order valence-electron chi connectivity index (χ0n) is 12.0. The van der Waals surface area contributed by atoms with Crippen LogP contribution in [0.5, 0.6) is 5.75 Å². The number of hydrogen-bond donors (Lipinski definition) is 1. The quantitative estimate of drug-likeness (QED) is 0.800. The van der Waals surface area contributed by atoms with E-state index in [0.29, 0.717) is 11.3 Å². The highest BCUT2D eigenvalue weighted by Gasteiger charge is 2.12. The Hall–Kier alpha value is -2.88. The van der Waals surface area contributed by atoms with Gasteiger partial charge in [-0.1, -0.05) is 30.3 Å². The Morgan fingerprint density at radius 2 is 1.86 bits per heavy atom. The van der Waals surface area contributed by atoms with E-state index >= 15 is 0 Å². The molecule has 0 aliphatic carbocycles. The lowest BCUT2D eigenvalue weighted by Crippen LogP contribution is -2.12. The molecule has 3 aromatic carbocycles. The summed E-state index contributed by atoms with van der Waals surface area (Å²) < 4.78 is 19.3. The van der Waals surface area contributed by atoms with Crippen LogP contribution in [0.2, 0.25) is 0 Å². The Morgan fingerprint density at radius 1 is 1.09 bits per heavy atom. The van der Waals surface area contributed by atoms with E-state index in [1.807, 2.05) is 36.4 Å². The molecule has 0 bridgehead atoms. The third kappa shape index (κ3) is 2.39. The summed E-state index contributed by atoms with van der Waals surface area (Å²) >= 11 is 0. The van der Waals surface area contributed by atoms with Gasteiger partial charge >= 0.3 is 0 Å². The standard InChI is InChI=1S/C18H14FNO2/c1-22-13-8-11-4-2-3-5-14(11)16(10-13)12-6-7-15(18(20)21)17(19)9-12/h2-10H,1H3,(H2,20,21). The van der Waals surface area contributed by atoms with Gasteiger partial charge in [-0.15, -0.1) is 0 Å². The highest BCUT2D eigenvalue weighted by atomic mass is 19.1. The number of amides is 1. The number of nitrogens with two attached hydrogens (primary N) is 1. The van der Waals surface area contributed by atoms with Crippen LogP contribution in [0.25, 0.3) is 21.9 Å². The SMILES string of the molecule is COc1cc(-c2ccc(C(N)=O)c(F)c2)c2ccccc2c1. The maximum Gasteiger partial charge on any atom is 0.251 e. The van der Waals surface area contributed by atoms with Gasteiger partial charge in [0.25, 0.3) is 5.91 Å². The summed E-state index contributed by atoms with van der Waals surface area (Å²) in [4.78, 5) is 11.1. The van der Waals surface area contributed by atoms with E-state index in [9.17, 15) is 9.18 Å². The third-order valence-corrected chi connectivity index (χ3v) is 3.62. The molecule has 0 radical (unpaired) electrons. The average molecular weight is 295 g/mol. The molecule has 1 amide bonds. The minimum atomic E-state index is -0.778. The number of benzene rings is 3.